The van der Waals surface area contributed by atoms with Crippen molar-refractivity contribution in [3.63, 3.8) is 0 Å². The molecule has 0 spiro atoms. The number of nitrogens with zero attached hydrogens (tertiary/aromatic N) is 2. The minimum absolute atomic E-state index is 0.570. The van der Waals surface area contributed by atoms with E-state index in [0.29, 0.717) is 5.56 Å². The number of pyridine rings is 1. The van der Waals surface area contributed by atoms with Gasteiger partial charge in [-0.15, -0.1) is 0 Å². The van der Waals surface area contributed by atoms with Crippen molar-refractivity contribution in [2.24, 2.45) is 0 Å². The van der Waals surface area contributed by atoms with E-state index in [-0.39, 0.29) is 0 Å². The maximum absolute atomic E-state index is 9.16. The second kappa shape index (κ2) is 2.76. The molecule has 0 aliphatic carbocycles. The van der Waals surface area contributed by atoms with Crippen LogP contribution in [0.1, 0.15) is 5.56 Å². The molecule has 0 fully saturated rings. The monoisotopic (exact) mass is 171 g/mol. The first-order valence-corrected chi connectivity index (χ1v) is 3.84. The predicted octanol–water partition coefficient (Wildman–Crippen LogP) is 1.24. The highest BCUT2D eigenvalue weighted by molar-refractivity contribution is 5.86. The van der Waals surface area contributed by atoms with Gasteiger partial charge in [0.2, 0.25) is 12.4 Å². The Morgan fingerprint density at radius 3 is 2.92 bits per heavy atom. The third-order valence-corrected chi connectivity index (χ3v) is 1.93. The van der Waals surface area contributed by atoms with Crippen LogP contribution < -0.4 is 4.73 Å². The largest absolute Gasteiger partial charge is 0.285 e. The number of fused-ring (bicyclic) bond motifs is 1. The summed E-state index contributed by atoms with van der Waals surface area (Å²) in [5, 5.41) is 19.7. The zero-order chi connectivity index (χ0) is 9.26. The lowest BCUT2D eigenvalue weighted by atomic mass is 10.1. The van der Waals surface area contributed by atoms with E-state index in [4.69, 9.17) is 10.5 Å². The molecule has 2 rings (SSSR count). The Kier molecular flexibility index (Phi) is 1.60. The highest BCUT2D eigenvalue weighted by Crippen LogP contribution is 2.15. The average Bonchev–Trinajstić information content (AvgIpc) is 2.17. The van der Waals surface area contributed by atoms with Crippen molar-refractivity contribution >= 4 is 10.8 Å². The van der Waals surface area contributed by atoms with E-state index in [1.807, 2.05) is 12.1 Å². The standard InChI is InChI=1S/C10H7N2O/c11-6-9-3-1-2-8-4-5-12(13)7-10(8)9/h1-5,7,13H/q+1. The quantitative estimate of drug-likeness (QED) is 0.478. The maximum atomic E-state index is 9.16. The van der Waals surface area contributed by atoms with E-state index in [9.17, 15) is 0 Å². The summed E-state index contributed by atoms with van der Waals surface area (Å²) >= 11 is 0. The molecule has 0 saturated carbocycles. The van der Waals surface area contributed by atoms with Crippen molar-refractivity contribution in [2.75, 3.05) is 0 Å². The van der Waals surface area contributed by atoms with E-state index in [2.05, 4.69) is 6.07 Å². The van der Waals surface area contributed by atoms with Crippen molar-refractivity contribution in [1.29, 1.82) is 5.26 Å². The van der Waals surface area contributed by atoms with Crippen LogP contribution in [-0.4, -0.2) is 5.21 Å². The van der Waals surface area contributed by atoms with E-state index in [1.165, 1.54) is 12.4 Å². The molecule has 0 aliphatic heterocycles. The van der Waals surface area contributed by atoms with Crippen molar-refractivity contribution in [2.45, 2.75) is 0 Å². The molecule has 2 aromatic rings. The van der Waals surface area contributed by atoms with Crippen LogP contribution in [-0.2, 0) is 0 Å². The lowest BCUT2D eigenvalue weighted by Crippen LogP contribution is -2.28. The van der Waals surface area contributed by atoms with Gasteiger partial charge in [0, 0.05) is 10.8 Å². The summed E-state index contributed by atoms with van der Waals surface area (Å²) in [4.78, 5) is 0. The van der Waals surface area contributed by atoms with Gasteiger partial charge in [-0.05, 0) is 11.5 Å². The highest BCUT2D eigenvalue weighted by Gasteiger charge is 2.04. The van der Waals surface area contributed by atoms with Crippen LogP contribution in [0.4, 0.5) is 0 Å². The minimum Gasteiger partial charge on any atom is -0.285 e. The molecule has 1 aromatic carbocycles. The molecule has 1 N–H and O–H groups in total. The van der Waals surface area contributed by atoms with Crippen molar-refractivity contribution in [3.05, 3.63) is 42.2 Å². The smallest absolute Gasteiger partial charge is 0.231 e. The van der Waals surface area contributed by atoms with Crippen LogP contribution in [0.5, 0.6) is 0 Å². The van der Waals surface area contributed by atoms with Crippen molar-refractivity contribution < 1.29 is 9.94 Å². The molecule has 1 heterocycles. The number of rotatable bonds is 0. The van der Waals surface area contributed by atoms with Gasteiger partial charge in [0.25, 0.3) is 0 Å². The van der Waals surface area contributed by atoms with Gasteiger partial charge >= 0.3 is 0 Å². The highest BCUT2D eigenvalue weighted by atomic mass is 16.5. The Morgan fingerprint density at radius 2 is 2.15 bits per heavy atom. The number of hydrogen-bond acceptors (Lipinski definition) is 2. The van der Waals surface area contributed by atoms with Crippen LogP contribution in [0.3, 0.4) is 0 Å². The molecule has 62 valence electrons. The van der Waals surface area contributed by atoms with E-state index in [0.717, 1.165) is 15.5 Å². The molecule has 13 heavy (non-hydrogen) atoms. The average molecular weight is 171 g/mol. The molecule has 0 amide bonds. The lowest BCUT2D eigenvalue weighted by molar-refractivity contribution is -0.903. The summed E-state index contributed by atoms with van der Waals surface area (Å²) < 4.78 is 0.948. The Bertz CT molecular complexity index is 500. The second-order valence-corrected chi connectivity index (χ2v) is 2.75. The summed E-state index contributed by atoms with van der Waals surface area (Å²) in [5.41, 5.74) is 0.570. The maximum Gasteiger partial charge on any atom is 0.231 e. The van der Waals surface area contributed by atoms with Gasteiger partial charge in [-0.1, -0.05) is 12.1 Å². The molecule has 0 saturated heterocycles. The molecular weight excluding hydrogens is 164 g/mol. The first kappa shape index (κ1) is 7.56. The fourth-order valence-corrected chi connectivity index (χ4v) is 1.30. The van der Waals surface area contributed by atoms with Crippen LogP contribution in [0, 0.1) is 11.3 Å². The van der Waals surface area contributed by atoms with E-state index >= 15 is 0 Å². The van der Waals surface area contributed by atoms with Crippen molar-refractivity contribution in [1.82, 2.24) is 0 Å². The number of hydrogen-bond donors (Lipinski definition) is 1. The number of benzene rings is 1. The first-order valence-electron chi connectivity index (χ1n) is 3.84. The molecule has 3 heteroatoms. The third-order valence-electron chi connectivity index (χ3n) is 1.93. The molecule has 1 aromatic heterocycles. The van der Waals surface area contributed by atoms with Gasteiger partial charge in [-0.25, -0.2) is 0 Å². The molecule has 0 radical (unpaired) electrons. The Labute approximate surface area is 75.0 Å². The second-order valence-electron chi connectivity index (χ2n) is 2.75. The summed E-state index contributed by atoms with van der Waals surface area (Å²) in [6.45, 7) is 0. The Balaban J connectivity index is 2.89. The van der Waals surface area contributed by atoms with Crippen molar-refractivity contribution in [3.8, 4) is 6.07 Å². The molecule has 0 unspecified atom stereocenters. The lowest BCUT2D eigenvalue weighted by Gasteiger charge is -1.94. The predicted molar refractivity (Wildman–Crippen MR) is 46.0 cm³/mol. The number of aromatic nitrogens is 1. The van der Waals surface area contributed by atoms with Gasteiger partial charge in [0.1, 0.15) is 6.07 Å². The summed E-state index contributed by atoms with van der Waals surface area (Å²) in [5.74, 6) is 0. The SMILES string of the molecule is N#Cc1cccc2cc[n+](O)cc12. The summed E-state index contributed by atoms with van der Waals surface area (Å²) in [6.07, 6.45) is 3.05. The molecular formula is C10H7N2O+. The van der Waals surface area contributed by atoms with Crippen LogP contribution in [0.25, 0.3) is 10.8 Å². The molecule has 0 atom stereocenters. The fraction of sp³-hybridized carbons (Fsp3) is 0. The zero-order valence-electron chi connectivity index (χ0n) is 6.81. The van der Waals surface area contributed by atoms with Gasteiger partial charge < -0.3 is 0 Å². The zero-order valence-corrected chi connectivity index (χ0v) is 6.81. The summed E-state index contributed by atoms with van der Waals surface area (Å²) in [6, 6.07) is 9.28. The first-order chi connectivity index (χ1) is 6.31. The summed E-state index contributed by atoms with van der Waals surface area (Å²) in [7, 11) is 0. The van der Waals surface area contributed by atoms with Gasteiger partial charge in [-0.3, -0.25) is 5.21 Å². The van der Waals surface area contributed by atoms with Crippen LogP contribution in [0.2, 0.25) is 0 Å². The van der Waals surface area contributed by atoms with E-state index in [1.54, 1.807) is 12.1 Å². The van der Waals surface area contributed by atoms with Gasteiger partial charge in [0.05, 0.1) is 10.9 Å². The molecule has 0 bridgehead atoms. The van der Waals surface area contributed by atoms with Gasteiger partial charge in [-0.2, -0.15) is 5.26 Å². The fourth-order valence-electron chi connectivity index (χ4n) is 1.30. The van der Waals surface area contributed by atoms with Gasteiger partial charge in [0.15, 0.2) is 0 Å². The van der Waals surface area contributed by atoms with Crippen LogP contribution in [0.15, 0.2) is 36.7 Å². The van der Waals surface area contributed by atoms with Crippen LogP contribution >= 0.6 is 0 Å². The number of nitriles is 1. The molecule has 3 nitrogen and oxygen atoms in total. The normalized spacial score (nSPS) is 9.77. The minimum atomic E-state index is 0.570. The third kappa shape index (κ3) is 1.18. The Morgan fingerprint density at radius 1 is 1.31 bits per heavy atom. The van der Waals surface area contributed by atoms with E-state index < -0.39 is 0 Å². The Hall–Kier alpha value is -2.08. The topological polar surface area (TPSA) is 47.9 Å². The molecule has 0 aliphatic rings.